The summed E-state index contributed by atoms with van der Waals surface area (Å²) in [5.41, 5.74) is 0.847. The molecule has 0 aliphatic rings. The lowest BCUT2D eigenvalue weighted by molar-refractivity contribution is -0.134. The van der Waals surface area contributed by atoms with Crippen LogP contribution in [0.1, 0.15) is 5.56 Å². The van der Waals surface area contributed by atoms with Gasteiger partial charge in [-0.15, -0.1) is 0 Å². The van der Waals surface area contributed by atoms with E-state index in [9.17, 15) is 4.79 Å². The number of carbonyl (C=O) groups excluding carboxylic acids is 1. The van der Waals surface area contributed by atoms with Crippen LogP contribution >= 0.6 is 15.9 Å². The molecule has 13 heavy (non-hydrogen) atoms. The summed E-state index contributed by atoms with van der Waals surface area (Å²) in [7, 11) is 1.34. The van der Waals surface area contributed by atoms with Gasteiger partial charge >= 0.3 is 5.97 Å². The maximum Gasteiger partial charge on any atom is 0.330 e. The molecule has 0 N–H and O–H groups in total. The number of ether oxygens (including phenoxy) is 1. The monoisotopic (exact) mass is 241 g/mol. The SMILES string of the molecule is COC(=O)C=Cc1cncc(Br)c1. The molecule has 0 fully saturated rings. The molecule has 0 amide bonds. The zero-order valence-electron chi connectivity index (χ0n) is 7.03. The van der Waals surface area contributed by atoms with E-state index in [0.717, 1.165) is 10.0 Å². The molecule has 0 atom stereocenters. The summed E-state index contributed by atoms with van der Waals surface area (Å²) < 4.78 is 5.32. The molecule has 0 aliphatic heterocycles. The number of carbonyl (C=O) groups is 1. The molecule has 0 spiro atoms. The molecule has 4 heteroatoms. The van der Waals surface area contributed by atoms with Gasteiger partial charge in [-0.3, -0.25) is 4.98 Å². The van der Waals surface area contributed by atoms with E-state index in [-0.39, 0.29) is 5.97 Å². The molecule has 0 radical (unpaired) electrons. The Labute approximate surface area is 84.6 Å². The topological polar surface area (TPSA) is 39.2 Å². The van der Waals surface area contributed by atoms with Crippen molar-refractivity contribution in [2.45, 2.75) is 0 Å². The quantitative estimate of drug-likeness (QED) is 0.588. The number of pyridine rings is 1. The summed E-state index contributed by atoms with van der Waals surface area (Å²) in [6, 6.07) is 1.85. The normalized spacial score (nSPS) is 10.3. The second-order valence-electron chi connectivity index (χ2n) is 2.29. The third-order valence-electron chi connectivity index (χ3n) is 1.34. The van der Waals surface area contributed by atoms with E-state index in [1.54, 1.807) is 18.5 Å². The van der Waals surface area contributed by atoms with Crippen molar-refractivity contribution in [2.24, 2.45) is 0 Å². The number of hydrogen-bond acceptors (Lipinski definition) is 3. The highest BCUT2D eigenvalue weighted by Gasteiger charge is 1.92. The summed E-state index contributed by atoms with van der Waals surface area (Å²) in [6.07, 6.45) is 6.33. The molecular formula is C9H8BrNO2. The van der Waals surface area contributed by atoms with Crippen LogP contribution in [0.25, 0.3) is 6.08 Å². The van der Waals surface area contributed by atoms with Crippen molar-refractivity contribution < 1.29 is 9.53 Å². The van der Waals surface area contributed by atoms with Gasteiger partial charge in [0.25, 0.3) is 0 Å². The largest absolute Gasteiger partial charge is 0.466 e. The van der Waals surface area contributed by atoms with E-state index in [0.29, 0.717) is 0 Å². The Balaban J connectivity index is 2.74. The Hall–Kier alpha value is -1.16. The molecule has 3 nitrogen and oxygen atoms in total. The number of rotatable bonds is 2. The van der Waals surface area contributed by atoms with Crippen molar-refractivity contribution in [3.63, 3.8) is 0 Å². The van der Waals surface area contributed by atoms with Crippen LogP contribution < -0.4 is 0 Å². The summed E-state index contributed by atoms with van der Waals surface area (Å²) >= 11 is 3.27. The van der Waals surface area contributed by atoms with Crippen LogP contribution in [0.5, 0.6) is 0 Å². The molecule has 0 saturated heterocycles. The zero-order valence-corrected chi connectivity index (χ0v) is 8.61. The standard InChI is InChI=1S/C9H8BrNO2/c1-13-9(12)3-2-7-4-8(10)6-11-5-7/h2-6H,1H3. The Kier molecular flexibility index (Phi) is 3.64. The summed E-state index contributed by atoms with van der Waals surface area (Å²) in [6.45, 7) is 0. The van der Waals surface area contributed by atoms with Gasteiger partial charge in [-0.25, -0.2) is 4.79 Å². The fraction of sp³-hybridized carbons (Fsp3) is 0.111. The van der Waals surface area contributed by atoms with Crippen molar-refractivity contribution in [1.82, 2.24) is 4.98 Å². The Morgan fingerprint density at radius 1 is 1.62 bits per heavy atom. The fourth-order valence-corrected chi connectivity index (χ4v) is 1.13. The van der Waals surface area contributed by atoms with Gasteiger partial charge in [-0.1, -0.05) is 0 Å². The van der Waals surface area contributed by atoms with Crippen molar-refractivity contribution in [1.29, 1.82) is 0 Å². The molecule has 0 aliphatic carbocycles. The zero-order chi connectivity index (χ0) is 9.68. The molecular weight excluding hydrogens is 234 g/mol. The number of hydrogen-bond donors (Lipinski definition) is 0. The van der Waals surface area contributed by atoms with E-state index in [2.05, 4.69) is 25.7 Å². The van der Waals surface area contributed by atoms with E-state index >= 15 is 0 Å². The van der Waals surface area contributed by atoms with Crippen LogP contribution in [-0.4, -0.2) is 18.1 Å². The lowest BCUT2D eigenvalue weighted by Crippen LogP contribution is -1.93. The molecule has 0 saturated carbocycles. The minimum atomic E-state index is -0.375. The van der Waals surface area contributed by atoms with Gasteiger partial charge in [0.1, 0.15) is 0 Å². The Bertz CT molecular complexity index is 336. The number of aromatic nitrogens is 1. The van der Waals surface area contributed by atoms with E-state index in [1.807, 2.05) is 6.07 Å². The molecule has 1 heterocycles. The Morgan fingerprint density at radius 2 is 2.38 bits per heavy atom. The molecule has 0 bridgehead atoms. The number of nitrogens with zero attached hydrogens (tertiary/aromatic N) is 1. The second kappa shape index (κ2) is 4.77. The lowest BCUT2D eigenvalue weighted by atomic mass is 10.2. The average Bonchev–Trinajstić information content (AvgIpc) is 2.14. The van der Waals surface area contributed by atoms with Crippen molar-refractivity contribution in [3.8, 4) is 0 Å². The smallest absolute Gasteiger partial charge is 0.330 e. The third kappa shape index (κ3) is 3.38. The van der Waals surface area contributed by atoms with Gasteiger partial charge in [0.15, 0.2) is 0 Å². The third-order valence-corrected chi connectivity index (χ3v) is 1.77. The predicted molar refractivity (Wildman–Crippen MR) is 53.0 cm³/mol. The maximum absolute atomic E-state index is 10.7. The van der Waals surface area contributed by atoms with E-state index in [4.69, 9.17) is 0 Å². The first-order valence-electron chi connectivity index (χ1n) is 3.59. The van der Waals surface area contributed by atoms with Crippen LogP contribution in [0.15, 0.2) is 29.0 Å². The Morgan fingerprint density at radius 3 is 3.00 bits per heavy atom. The van der Waals surface area contributed by atoms with E-state index in [1.165, 1.54) is 13.2 Å². The number of halogens is 1. The first-order valence-corrected chi connectivity index (χ1v) is 4.38. The van der Waals surface area contributed by atoms with Gasteiger partial charge < -0.3 is 4.74 Å². The van der Waals surface area contributed by atoms with Gasteiger partial charge in [-0.2, -0.15) is 0 Å². The molecule has 0 unspecified atom stereocenters. The van der Waals surface area contributed by atoms with Gasteiger partial charge in [0.05, 0.1) is 7.11 Å². The number of esters is 1. The summed E-state index contributed by atoms with van der Waals surface area (Å²) in [5, 5.41) is 0. The van der Waals surface area contributed by atoms with Gasteiger partial charge in [-0.05, 0) is 33.6 Å². The molecule has 1 rings (SSSR count). The first kappa shape index (κ1) is 9.92. The maximum atomic E-state index is 10.7. The highest BCUT2D eigenvalue weighted by molar-refractivity contribution is 9.10. The van der Waals surface area contributed by atoms with Crippen molar-refractivity contribution in [2.75, 3.05) is 7.11 Å². The fourth-order valence-electron chi connectivity index (χ4n) is 0.752. The lowest BCUT2D eigenvalue weighted by Gasteiger charge is -1.93. The molecule has 1 aromatic rings. The summed E-state index contributed by atoms with van der Waals surface area (Å²) in [5.74, 6) is -0.375. The van der Waals surface area contributed by atoms with Crippen molar-refractivity contribution in [3.05, 3.63) is 34.6 Å². The highest BCUT2D eigenvalue weighted by atomic mass is 79.9. The minimum absolute atomic E-state index is 0.375. The summed E-state index contributed by atoms with van der Waals surface area (Å²) in [4.78, 5) is 14.7. The first-order chi connectivity index (χ1) is 6.22. The van der Waals surface area contributed by atoms with E-state index < -0.39 is 0 Å². The van der Waals surface area contributed by atoms with Gasteiger partial charge in [0, 0.05) is 22.9 Å². The van der Waals surface area contributed by atoms with Crippen LogP contribution in [-0.2, 0) is 9.53 Å². The molecule has 1 aromatic heterocycles. The molecule has 0 aromatic carbocycles. The minimum Gasteiger partial charge on any atom is -0.466 e. The second-order valence-corrected chi connectivity index (χ2v) is 3.21. The van der Waals surface area contributed by atoms with Crippen LogP contribution in [0.2, 0.25) is 0 Å². The highest BCUT2D eigenvalue weighted by Crippen LogP contribution is 2.10. The predicted octanol–water partition coefficient (Wildman–Crippen LogP) is 2.03. The van der Waals surface area contributed by atoms with Gasteiger partial charge in [0.2, 0.25) is 0 Å². The van der Waals surface area contributed by atoms with Crippen LogP contribution in [0, 0.1) is 0 Å². The average molecular weight is 242 g/mol. The van der Waals surface area contributed by atoms with Crippen molar-refractivity contribution >= 4 is 28.0 Å². The molecule has 68 valence electrons. The van der Waals surface area contributed by atoms with Crippen LogP contribution in [0.3, 0.4) is 0 Å². The van der Waals surface area contributed by atoms with Crippen LogP contribution in [0.4, 0.5) is 0 Å². The number of methoxy groups -OCH3 is 1.